The number of hydrogen-bond acceptors (Lipinski definition) is 3. The van der Waals surface area contributed by atoms with Gasteiger partial charge in [0.15, 0.2) is 0 Å². The number of carbonyl (C=O) groups excluding carboxylic acids is 2. The molecular weight excluding hydrogens is 338 g/mol. The third-order valence-corrected chi connectivity index (χ3v) is 3.96. The van der Waals surface area contributed by atoms with Gasteiger partial charge in [0.2, 0.25) is 0 Å². The van der Waals surface area contributed by atoms with Gasteiger partial charge in [0, 0.05) is 16.3 Å². The molecule has 4 nitrogen and oxygen atoms in total. The molecule has 3 rings (SSSR count). The van der Waals surface area contributed by atoms with Gasteiger partial charge < -0.3 is 10.1 Å². The summed E-state index contributed by atoms with van der Waals surface area (Å²) in [4.78, 5) is 22.9. The van der Waals surface area contributed by atoms with Crippen LogP contribution in [0, 0.1) is 0 Å². The average Bonchev–Trinajstić information content (AvgIpc) is 2.64. The largest absolute Gasteiger partial charge is 0.428 e. The Morgan fingerprint density at radius 1 is 0.920 bits per heavy atom. The topological polar surface area (TPSA) is 55.4 Å². The lowest BCUT2D eigenvalue weighted by atomic mass is 10.1. The molecule has 1 amide bonds. The van der Waals surface area contributed by atoms with Gasteiger partial charge in [-0.1, -0.05) is 54.1 Å². The average molecular weight is 352 g/mol. The first kappa shape index (κ1) is 16.7. The summed E-state index contributed by atoms with van der Waals surface area (Å²) in [5.74, 6) is -0.148. The summed E-state index contributed by atoms with van der Waals surface area (Å²) in [5.41, 5.74) is 2.78. The van der Waals surface area contributed by atoms with Gasteiger partial charge in [0.1, 0.15) is 5.75 Å². The number of benzene rings is 3. The number of nitrogens with one attached hydrogen (secondary N) is 1. The second kappa shape index (κ2) is 7.64. The first-order valence-corrected chi connectivity index (χ1v) is 7.92. The fourth-order valence-electron chi connectivity index (χ4n) is 2.44. The SMILES string of the molecule is O=COc1ccccc1C(=O)Nc1ccc(-c2ccccc2Cl)cc1. The molecule has 0 saturated heterocycles. The quantitative estimate of drug-likeness (QED) is 0.672. The maximum absolute atomic E-state index is 12.4. The molecule has 0 aliphatic carbocycles. The van der Waals surface area contributed by atoms with Gasteiger partial charge in [-0.05, 0) is 35.9 Å². The molecule has 25 heavy (non-hydrogen) atoms. The molecule has 0 aromatic heterocycles. The van der Waals surface area contributed by atoms with Gasteiger partial charge in [0.05, 0.1) is 5.56 Å². The molecule has 0 bridgehead atoms. The molecule has 0 aliphatic heterocycles. The second-order valence-electron chi connectivity index (χ2n) is 5.22. The van der Waals surface area contributed by atoms with Crippen molar-refractivity contribution >= 4 is 29.7 Å². The van der Waals surface area contributed by atoms with Crippen LogP contribution >= 0.6 is 11.6 Å². The maximum atomic E-state index is 12.4. The standard InChI is InChI=1S/C20H14ClNO3/c21-18-7-3-1-5-16(18)14-9-11-15(12-10-14)22-20(24)17-6-2-4-8-19(17)25-13-23/h1-13H,(H,22,24). The third-order valence-electron chi connectivity index (χ3n) is 3.63. The summed E-state index contributed by atoms with van der Waals surface area (Å²) >= 11 is 6.20. The van der Waals surface area contributed by atoms with Crippen molar-refractivity contribution in [2.75, 3.05) is 5.32 Å². The molecule has 5 heteroatoms. The molecule has 3 aromatic rings. The second-order valence-corrected chi connectivity index (χ2v) is 5.63. The van der Waals surface area contributed by atoms with Crippen molar-refractivity contribution in [3.05, 3.63) is 83.4 Å². The van der Waals surface area contributed by atoms with Crippen LogP contribution < -0.4 is 10.1 Å². The molecule has 0 aliphatic rings. The fourth-order valence-corrected chi connectivity index (χ4v) is 2.68. The molecule has 0 spiro atoms. The van der Waals surface area contributed by atoms with Crippen molar-refractivity contribution in [2.24, 2.45) is 0 Å². The van der Waals surface area contributed by atoms with Crippen molar-refractivity contribution in [1.82, 2.24) is 0 Å². The van der Waals surface area contributed by atoms with Crippen molar-refractivity contribution in [2.45, 2.75) is 0 Å². The van der Waals surface area contributed by atoms with Gasteiger partial charge >= 0.3 is 0 Å². The van der Waals surface area contributed by atoms with Gasteiger partial charge in [-0.15, -0.1) is 0 Å². The van der Waals surface area contributed by atoms with E-state index in [-0.39, 0.29) is 17.2 Å². The van der Waals surface area contributed by atoms with Crippen molar-refractivity contribution in [3.63, 3.8) is 0 Å². The Balaban J connectivity index is 1.79. The maximum Gasteiger partial charge on any atom is 0.298 e. The van der Waals surface area contributed by atoms with Crippen LogP contribution in [0.2, 0.25) is 5.02 Å². The number of para-hydroxylation sites is 1. The molecule has 0 saturated carbocycles. The number of hydrogen-bond donors (Lipinski definition) is 1. The summed E-state index contributed by atoms with van der Waals surface area (Å²) in [7, 11) is 0. The zero-order chi connectivity index (χ0) is 17.6. The minimum absolute atomic E-state index is 0.211. The van der Waals surface area contributed by atoms with Crippen molar-refractivity contribution in [3.8, 4) is 16.9 Å². The zero-order valence-corrected chi connectivity index (χ0v) is 13.9. The Hall–Kier alpha value is -3.11. The third kappa shape index (κ3) is 3.87. The van der Waals surface area contributed by atoms with E-state index in [0.717, 1.165) is 11.1 Å². The molecule has 124 valence electrons. The smallest absolute Gasteiger partial charge is 0.298 e. The summed E-state index contributed by atoms with van der Waals surface area (Å²) in [6.45, 7) is 0.296. The van der Waals surface area contributed by atoms with Gasteiger partial charge in [-0.25, -0.2) is 0 Å². The highest BCUT2D eigenvalue weighted by atomic mass is 35.5. The van der Waals surface area contributed by atoms with Crippen molar-refractivity contribution < 1.29 is 14.3 Å². The molecule has 3 aromatic carbocycles. The highest BCUT2D eigenvalue weighted by Crippen LogP contribution is 2.28. The van der Waals surface area contributed by atoms with Crippen LogP contribution in [-0.2, 0) is 4.79 Å². The van der Waals surface area contributed by atoms with Crippen LogP contribution in [-0.4, -0.2) is 12.4 Å². The highest BCUT2D eigenvalue weighted by molar-refractivity contribution is 6.33. The first-order chi connectivity index (χ1) is 12.2. The molecular formula is C20H14ClNO3. The fraction of sp³-hybridized carbons (Fsp3) is 0. The van der Waals surface area contributed by atoms with E-state index < -0.39 is 0 Å². The Bertz CT molecular complexity index is 907. The predicted molar refractivity (Wildman–Crippen MR) is 98.0 cm³/mol. The number of carbonyl (C=O) groups is 2. The highest BCUT2D eigenvalue weighted by Gasteiger charge is 2.12. The Kier molecular flexibility index (Phi) is 5.11. The summed E-state index contributed by atoms with van der Waals surface area (Å²) in [6, 6.07) is 21.4. The number of rotatable bonds is 5. The van der Waals surface area contributed by atoms with E-state index in [9.17, 15) is 9.59 Å². The van der Waals surface area contributed by atoms with Crippen molar-refractivity contribution in [1.29, 1.82) is 0 Å². The lowest BCUT2D eigenvalue weighted by Gasteiger charge is -2.09. The van der Waals surface area contributed by atoms with Crippen LogP contribution in [0.1, 0.15) is 10.4 Å². The molecule has 1 N–H and O–H groups in total. The Morgan fingerprint density at radius 2 is 1.60 bits per heavy atom. The lowest BCUT2D eigenvalue weighted by molar-refractivity contribution is -0.120. The molecule has 0 atom stereocenters. The number of halogens is 1. The summed E-state index contributed by atoms with van der Waals surface area (Å²) in [5, 5.41) is 3.45. The van der Waals surface area contributed by atoms with E-state index in [1.807, 2.05) is 36.4 Å². The Labute approximate surface area is 150 Å². The van der Waals surface area contributed by atoms with Crippen LogP contribution in [0.15, 0.2) is 72.8 Å². The van der Waals surface area contributed by atoms with Crippen LogP contribution in [0.3, 0.4) is 0 Å². The van der Waals surface area contributed by atoms with E-state index in [2.05, 4.69) is 5.32 Å². The van der Waals surface area contributed by atoms with E-state index in [1.54, 1.807) is 36.4 Å². The molecule has 0 radical (unpaired) electrons. The van der Waals surface area contributed by atoms with Crippen LogP contribution in [0.4, 0.5) is 5.69 Å². The van der Waals surface area contributed by atoms with Gasteiger partial charge in [-0.2, -0.15) is 0 Å². The normalized spacial score (nSPS) is 10.1. The number of anilines is 1. The van der Waals surface area contributed by atoms with E-state index in [1.165, 1.54) is 0 Å². The number of amides is 1. The summed E-state index contributed by atoms with van der Waals surface area (Å²) < 4.78 is 4.83. The molecule has 0 unspecified atom stereocenters. The molecule has 0 fully saturated rings. The number of ether oxygens (including phenoxy) is 1. The zero-order valence-electron chi connectivity index (χ0n) is 13.1. The van der Waals surface area contributed by atoms with Gasteiger partial charge in [-0.3, -0.25) is 9.59 Å². The minimum atomic E-state index is -0.358. The minimum Gasteiger partial charge on any atom is -0.428 e. The summed E-state index contributed by atoms with van der Waals surface area (Å²) in [6.07, 6.45) is 0. The monoisotopic (exact) mass is 351 g/mol. The molecule has 0 heterocycles. The van der Waals surface area contributed by atoms with E-state index >= 15 is 0 Å². The predicted octanol–water partition coefficient (Wildman–Crippen LogP) is 4.79. The van der Waals surface area contributed by atoms with Crippen LogP contribution in [0.5, 0.6) is 5.75 Å². The first-order valence-electron chi connectivity index (χ1n) is 7.54. The lowest BCUT2D eigenvalue weighted by Crippen LogP contribution is -2.13. The van der Waals surface area contributed by atoms with Gasteiger partial charge in [0.25, 0.3) is 12.4 Å². The Morgan fingerprint density at radius 3 is 2.32 bits per heavy atom. The van der Waals surface area contributed by atoms with E-state index in [4.69, 9.17) is 16.3 Å². The van der Waals surface area contributed by atoms with E-state index in [0.29, 0.717) is 17.2 Å². The van der Waals surface area contributed by atoms with Crippen LogP contribution in [0.25, 0.3) is 11.1 Å².